The Kier molecular flexibility index (Phi) is 7.18. The number of aromatic nitrogens is 3. The molecule has 0 atom stereocenters. The number of carbonyl (C=O) groups excluding carboxylic acids is 1. The van der Waals surface area contributed by atoms with Crippen molar-refractivity contribution < 1.29 is 4.79 Å². The maximum atomic E-state index is 12.4. The van der Waals surface area contributed by atoms with Crippen LogP contribution < -0.4 is 10.7 Å². The first-order valence-corrected chi connectivity index (χ1v) is 10.7. The second-order valence-corrected chi connectivity index (χ2v) is 7.94. The molecule has 0 saturated carbocycles. The maximum absolute atomic E-state index is 12.4. The van der Waals surface area contributed by atoms with Crippen LogP contribution >= 0.6 is 39.9 Å². The van der Waals surface area contributed by atoms with Crippen molar-refractivity contribution in [3.05, 3.63) is 76.0 Å². The minimum atomic E-state index is -0.297. The molecule has 0 bridgehead atoms. The Labute approximate surface area is 181 Å². The van der Waals surface area contributed by atoms with Crippen LogP contribution in [0, 0.1) is 0 Å². The summed E-state index contributed by atoms with van der Waals surface area (Å²) >= 11 is 10.2. The zero-order chi connectivity index (χ0) is 19.9. The summed E-state index contributed by atoms with van der Waals surface area (Å²) in [6, 6.07) is 17.3. The number of hydrogen-bond donors (Lipinski definition) is 2. The van der Waals surface area contributed by atoms with Crippen LogP contribution in [0.2, 0.25) is 0 Å². The van der Waals surface area contributed by atoms with E-state index in [2.05, 4.69) is 49.0 Å². The van der Waals surface area contributed by atoms with Crippen molar-refractivity contribution in [2.24, 2.45) is 0 Å². The smallest absolute Gasteiger partial charge is 0.258 e. The molecule has 6 nitrogen and oxygen atoms in total. The molecular weight excluding hydrogens is 458 g/mol. The molecule has 0 unspecified atom stereocenters. The van der Waals surface area contributed by atoms with Gasteiger partial charge in [-0.05, 0) is 45.8 Å². The monoisotopic (exact) mass is 475 g/mol. The van der Waals surface area contributed by atoms with E-state index in [1.165, 1.54) is 5.56 Å². The van der Waals surface area contributed by atoms with Crippen LogP contribution in [0.5, 0.6) is 0 Å². The lowest BCUT2D eigenvalue weighted by Gasteiger charge is -2.14. The number of benzene rings is 2. The first-order valence-electron chi connectivity index (χ1n) is 8.56. The molecule has 2 N–H and O–H groups in total. The minimum Gasteiger partial charge on any atom is -0.298 e. The van der Waals surface area contributed by atoms with E-state index in [-0.39, 0.29) is 11.0 Å². The van der Waals surface area contributed by atoms with Crippen molar-refractivity contribution in [3.8, 4) is 0 Å². The average molecular weight is 476 g/mol. The second kappa shape index (κ2) is 9.81. The molecule has 0 aliphatic heterocycles. The van der Waals surface area contributed by atoms with E-state index in [0.29, 0.717) is 21.6 Å². The molecule has 3 aromatic rings. The average Bonchev–Trinajstić information content (AvgIpc) is 3.08. The van der Waals surface area contributed by atoms with Crippen LogP contribution in [-0.2, 0) is 12.2 Å². The summed E-state index contributed by atoms with van der Waals surface area (Å²) < 4.78 is 2.42. The van der Waals surface area contributed by atoms with Crippen molar-refractivity contribution in [3.63, 3.8) is 0 Å². The van der Waals surface area contributed by atoms with E-state index >= 15 is 0 Å². The zero-order valence-electron chi connectivity index (χ0n) is 15.1. The van der Waals surface area contributed by atoms with E-state index < -0.39 is 0 Å². The van der Waals surface area contributed by atoms with Crippen LogP contribution in [0.4, 0.5) is 0 Å². The Hall–Kier alpha value is -2.23. The highest BCUT2D eigenvalue weighted by Crippen LogP contribution is 2.21. The summed E-state index contributed by atoms with van der Waals surface area (Å²) in [6.07, 6.45) is 0.673. The fraction of sp³-hybridized carbons (Fsp3) is 0.158. The van der Waals surface area contributed by atoms with Gasteiger partial charge in [0.15, 0.2) is 10.9 Å². The van der Waals surface area contributed by atoms with E-state index in [4.69, 9.17) is 12.2 Å². The summed E-state index contributed by atoms with van der Waals surface area (Å²) in [5, 5.41) is 12.0. The van der Waals surface area contributed by atoms with Crippen LogP contribution in [0.25, 0.3) is 0 Å². The third kappa shape index (κ3) is 5.18. The summed E-state index contributed by atoms with van der Waals surface area (Å²) in [4.78, 5) is 12.4. The van der Waals surface area contributed by atoms with E-state index in [1.807, 2.05) is 31.2 Å². The Morgan fingerprint density at radius 2 is 1.86 bits per heavy atom. The first kappa shape index (κ1) is 20.5. The number of thioether (sulfide) groups is 1. The highest BCUT2D eigenvalue weighted by molar-refractivity contribution is 9.10. The summed E-state index contributed by atoms with van der Waals surface area (Å²) in [6.45, 7) is 1.98. The van der Waals surface area contributed by atoms with Crippen molar-refractivity contribution in [2.45, 2.75) is 24.3 Å². The fourth-order valence-corrected chi connectivity index (χ4v) is 3.92. The van der Waals surface area contributed by atoms with E-state index in [1.54, 1.807) is 34.6 Å². The molecular formula is C19H18BrN5OS2. The van der Waals surface area contributed by atoms with Gasteiger partial charge in [0.05, 0.1) is 5.56 Å². The molecule has 1 aromatic heterocycles. The lowest BCUT2D eigenvalue weighted by molar-refractivity contribution is 0.0976. The Morgan fingerprint density at radius 1 is 1.14 bits per heavy atom. The molecule has 3 rings (SSSR count). The third-order valence-corrected chi connectivity index (χ3v) is 5.67. The van der Waals surface area contributed by atoms with Gasteiger partial charge < -0.3 is 0 Å². The van der Waals surface area contributed by atoms with Crippen LogP contribution in [0.1, 0.15) is 28.7 Å². The molecule has 144 valence electrons. The molecule has 9 heteroatoms. The molecule has 0 aliphatic carbocycles. The third-order valence-electron chi connectivity index (χ3n) is 3.79. The summed E-state index contributed by atoms with van der Waals surface area (Å²) in [5.41, 5.74) is 4.71. The maximum Gasteiger partial charge on any atom is 0.258 e. The van der Waals surface area contributed by atoms with E-state index in [9.17, 15) is 4.79 Å². The van der Waals surface area contributed by atoms with Gasteiger partial charge in [0.2, 0.25) is 5.16 Å². The van der Waals surface area contributed by atoms with Gasteiger partial charge in [-0.15, -0.1) is 10.2 Å². The van der Waals surface area contributed by atoms with Crippen molar-refractivity contribution >= 4 is 50.9 Å². The number of carbonyl (C=O) groups is 1. The van der Waals surface area contributed by atoms with E-state index in [0.717, 1.165) is 11.6 Å². The van der Waals surface area contributed by atoms with Crippen LogP contribution in [0.3, 0.4) is 0 Å². The van der Waals surface area contributed by atoms with Gasteiger partial charge in [0.1, 0.15) is 0 Å². The van der Waals surface area contributed by atoms with Gasteiger partial charge in [0, 0.05) is 16.6 Å². The number of nitrogens with zero attached hydrogens (tertiary/aromatic N) is 3. The number of amides is 1. The number of halogens is 1. The fourth-order valence-electron chi connectivity index (χ4n) is 2.40. The Bertz CT molecular complexity index is 977. The predicted octanol–water partition coefficient (Wildman–Crippen LogP) is 4.15. The molecule has 1 heterocycles. The quantitative estimate of drug-likeness (QED) is 0.412. The van der Waals surface area contributed by atoms with Crippen molar-refractivity contribution in [1.29, 1.82) is 0 Å². The highest BCUT2D eigenvalue weighted by Gasteiger charge is 2.15. The lowest BCUT2D eigenvalue weighted by Crippen LogP contribution is -2.39. The minimum absolute atomic E-state index is 0.178. The topological polar surface area (TPSA) is 71.8 Å². The predicted molar refractivity (Wildman–Crippen MR) is 119 cm³/mol. The van der Waals surface area contributed by atoms with Crippen LogP contribution in [0.15, 0.2) is 64.2 Å². The largest absolute Gasteiger partial charge is 0.298 e. The van der Waals surface area contributed by atoms with Gasteiger partial charge in [-0.2, -0.15) is 0 Å². The number of rotatable bonds is 6. The summed E-state index contributed by atoms with van der Waals surface area (Å²) in [7, 11) is 0. The number of thiocarbonyl (C=S) groups is 1. The number of hydrogen-bond acceptors (Lipinski definition) is 5. The molecule has 0 saturated heterocycles. The molecule has 1 amide bonds. The Balaban J connectivity index is 1.68. The second-order valence-electron chi connectivity index (χ2n) is 5.74. The standard InChI is InChI=1S/C19H18BrN5OS2/c1-2-16-22-23-19(28-12-13-8-4-3-5-9-13)25(16)24-18(27)21-17(26)14-10-6-7-11-15(14)20/h3-11H,2,12H2,1H3,(H2,21,24,26,27). The van der Waals surface area contributed by atoms with Gasteiger partial charge in [0.25, 0.3) is 5.91 Å². The van der Waals surface area contributed by atoms with Gasteiger partial charge >= 0.3 is 0 Å². The first-order chi connectivity index (χ1) is 13.6. The molecule has 0 aliphatic rings. The number of nitrogens with one attached hydrogen (secondary N) is 2. The van der Waals surface area contributed by atoms with Crippen LogP contribution in [-0.4, -0.2) is 25.9 Å². The molecule has 0 radical (unpaired) electrons. The molecule has 28 heavy (non-hydrogen) atoms. The van der Waals surface area contributed by atoms with Crippen molar-refractivity contribution in [2.75, 3.05) is 5.43 Å². The molecule has 2 aromatic carbocycles. The van der Waals surface area contributed by atoms with Gasteiger partial charge in [-0.1, -0.05) is 61.2 Å². The highest BCUT2D eigenvalue weighted by atomic mass is 79.9. The van der Waals surface area contributed by atoms with Gasteiger partial charge in [-0.25, -0.2) is 4.68 Å². The number of aryl methyl sites for hydroxylation is 1. The van der Waals surface area contributed by atoms with Crippen molar-refractivity contribution in [1.82, 2.24) is 20.2 Å². The lowest BCUT2D eigenvalue weighted by atomic mass is 10.2. The Morgan fingerprint density at radius 3 is 2.57 bits per heavy atom. The zero-order valence-corrected chi connectivity index (χ0v) is 18.3. The SMILES string of the molecule is CCc1nnc(SCc2ccccc2)n1NC(=S)NC(=O)c1ccccc1Br. The molecule has 0 spiro atoms. The molecule has 0 fully saturated rings. The normalized spacial score (nSPS) is 10.5. The summed E-state index contributed by atoms with van der Waals surface area (Å²) in [5.74, 6) is 1.18. The van der Waals surface area contributed by atoms with Gasteiger partial charge in [-0.3, -0.25) is 15.5 Å².